The molecule has 1 aromatic heterocycles. The monoisotopic (exact) mass is 369 g/mol. The van der Waals surface area contributed by atoms with Crippen LogP contribution in [0.15, 0.2) is 65.3 Å². The third-order valence-corrected chi connectivity index (χ3v) is 3.89. The largest absolute Gasteiger partial charge is 0.305 e. The van der Waals surface area contributed by atoms with Crippen molar-refractivity contribution >= 4 is 27.7 Å². The number of halogens is 1. The summed E-state index contributed by atoms with van der Waals surface area (Å²) in [5.41, 5.74) is 2.99. The molecule has 0 atom stereocenters. The number of carbonyl (C=O) groups excluding carboxylic acids is 1. The number of hydrogen-bond acceptors (Lipinski definition) is 2. The lowest BCUT2D eigenvalue weighted by Gasteiger charge is -2.04. The molecule has 0 aliphatic heterocycles. The van der Waals surface area contributed by atoms with E-state index < -0.39 is 0 Å². The highest BCUT2D eigenvalue weighted by Gasteiger charge is 2.08. The zero-order chi connectivity index (χ0) is 16.2. The van der Waals surface area contributed by atoms with Crippen molar-refractivity contribution in [2.24, 2.45) is 0 Å². The van der Waals surface area contributed by atoms with Gasteiger partial charge in [-0.1, -0.05) is 51.8 Å². The van der Waals surface area contributed by atoms with Gasteiger partial charge in [-0.25, -0.2) is 0 Å². The molecule has 116 valence electrons. The number of aromatic nitrogens is 2. The van der Waals surface area contributed by atoms with Crippen LogP contribution in [0.2, 0.25) is 0 Å². The summed E-state index contributed by atoms with van der Waals surface area (Å²) in [6.45, 7) is 2.74. The summed E-state index contributed by atoms with van der Waals surface area (Å²) in [5.74, 6) is 0.370. The van der Waals surface area contributed by atoms with E-state index in [1.165, 1.54) is 11.1 Å². The first-order chi connectivity index (χ1) is 11.1. The van der Waals surface area contributed by atoms with Crippen LogP contribution in [-0.2, 0) is 6.54 Å². The Bertz CT molecular complexity index is 842. The van der Waals surface area contributed by atoms with Crippen LogP contribution in [-0.4, -0.2) is 15.7 Å². The maximum absolute atomic E-state index is 12.2. The van der Waals surface area contributed by atoms with Crippen molar-refractivity contribution in [2.75, 3.05) is 5.32 Å². The Morgan fingerprint density at radius 2 is 2.00 bits per heavy atom. The first kappa shape index (κ1) is 15.5. The quantitative estimate of drug-likeness (QED) is 0.746. The fraction of sp³-hybridized carbons (Fsp3) is 0.111. The van der Waals surface area contributed by atoms with E-state index in [2.05, 4.69) is 51.5 Å². The van der Waals surface area contributed by atoms with Gasteiger partial charge in [0, 0.05) is 22.3 Å². The molecule has 4 nitrogen and oxygen atoms in total. The first-order valence-electron chi connectivity index (χ1n) is 7.26. The Hall–Kier alpha value is -2.40. The highest BCUT2D eigenvalue weighted by molar-refractivity contribution is 9.10. The fourth-order valence-electron chi connectivity index (χ4n) is 2.33. The summed E-state index contributed by atoms with van der Waals surface area (Å²) < 4.78 is 2.68. The van der Waals surface area contributed by atoms with Gasteiger partial charge >= 0.3 is 0 Å². The van der Waals surface area contributed by atoms with Crippen LogP contribution in [0, 0.1) is 6.92 Å². The lowest BCUT2D eigenvalue weighted by molar-refractivity contribution is 0.102. The molecule has 0 bridgehead atoms. The Balaban J connectivity index is 1.68. The van der Waals surface area contributed by atoms with Crippen molar-refractivity contribution < 1.29 is 4.79 Å². The first-order valence-corrected chi connectivity index (χ1v) is 8.05. The molecule has 5 heteroatoms. The van der Waals surface area contributed by atoms with E-state index in [-0.39, 0.29) is 5.91 Å². The van der Waals surface area contributed by atoms with Gasteiger partial charge in [0.1, 0.15) is 0 Å². The SMILES string of the molecule is Cc1cccc(Cn2ccc(NC(=O)c3cccc(Br)c3)n2)c1. The number of hydrogen-bond donors (Lipinski definition) is 1. The minimum atomic E-state index is -0.174. The maximum Gasteiger partial charge on any atom is 0.256 e. The van der Waals surface area contributed by atoms with E-state index in [9.17, 15) is 4.79 Å². The summed E-state index contributed by atoms with van der Waals surface area (Å²) in [7, 11) is 0. The van der Waals surface area contributed by atoms with Gasteiger partial charge in [-0.2, -0.15) is 5.10 Å². The molecule has 2 aromatic carbocycles. The number of aryl methyl sites for hydroxylation is 1. The summed E-state index contributed by atoms with van der Waals surface area (Å²) >= 11 is 3.36. The molecular weight excluding hydrogens is 354 g/mol. The number of amides is 1. The lowest BCUT2D eigenvalue weighted by Crippen LogP contribution is -2.12. The Morgan fingerprint density at radius 1 is 1.17 bits per heavy atom. The Kier molecular flexibility index (Phi) is 4.57. The van der Waals surface area contributed by atoms with E-state index in [0.29, 0.717) is 17.9 Å². The van der Waals surface area contributed by atoms with Crippen LogP contribution in [0.1, 0.15) is 21.5 Å². The Morgan fingerprint density at radius 3 is 2.78 bits per heavy atom. The molecule has 0 spiro atoms. The standard InChI is InChI=1S/C18H16BrN3O/c1-13-4-2-5-14(10-13)12-22-9-8-17(21-22)20-18(23)15-6-3-7-16(19)11-15/h2-11H,12H2,1H3,(H,20,21,23). The Labute approximate surface area is 143 Å². The second-order valence-corrected chi connectivity index (χ2v) is 6.27. The van der Waals surface area contributed by atoms with Gasteiger partial charge in [-0.3, -0.25) is 9.48 Å². The highest BCUT2D eigenvalue weighted by atomic mass is 79.9. The molecule has 0 saturated heterocycles. The lowest BCUT2D eigenvalue weighted by atomic mass is 10.1. The molecule has 1 heterocycles. The number of nitrogens with zero attached hydrogens (tertiary/aromatic N) is 2. The summed E-state index contributed by atoms with van der Waals surface area (Å²) in [6, 6.07) is 17.3. The molecule has 1 amide bonds. The number of anilines is 1. The number of rotatable bonds is 4. The fourth-order valence-corrected chi connectivity index (χ4v) is 2.73. The van der Waals surface area contributed by atoms with Crippen LogP contribution in [0.25, 0.3) is 0 Å². The van der Waals surface area contributed by atoms with Gasteiger partial charge in [0.05, 0.1) is 6.54 Å². The molecule has 0 unspecified atom stereocenters. The average Bonchev–Trinajstić information content (AvgIpc) is 2.94. The van der Waals surface area contributed by atoms with Crippen molar-refractivity contribution in [3.8, 4) is 0 Å². The molecule has 3 aromatic rings. The van der Waals surface area contributed by atoms with E-state index in [4.69, 9.17) is 0 Å². The van der Waals surface area contributed by atoms with Gasteiger partial charge in [0.2, 0.25) is 0 Å². The van der Waals surface area contributed by atoms with Crippen LogP contribution < -0.4 is 5.32 Å². The van der Waals surface area contributed by atoms with Gasteiger partial charge in [0.15, 0.2) is 5.82 Å². The maximum atomic E-state index is 12.2. The molecule has 0 saturated carbocycles. The molecule has 0 aliphatic carbocycles. The van der Waals surface area contributed by atoms with Crippen LogP contribution in [0.5, 0.6) is 0 Å². The summed E-state index contributed by atoms with van der Waals surface area (Å²) in [6.07, 6.45) is 1.86. The van der Waals surface area contributed by atoms with Crippen molar-refractivity contribution in [3.63, 3.8) is 0 Å². The summed E-state index contributed by atoms with van der Waals surface area (Å²) in [5, 5.41) is 7.21. The van der Waals surface area contributed by atoms with Crippen LogP contribution >= 0.6 is 15.9 Å². The zero-order valence-electron chi connectivity index (χ0n) is 12.7. The molecule has 23 heavy (non-hydrogen) atoms. The topological polar surface area (TPSA) is 46.9 Å². The number of nitrogens with one attached hydrogen (secondary N) is 1. The molecule has 1 N–H and O–H groups in total. The zero-order valence-corrected chi connectivity index (χ0v) is 14.2. The number of carbonyl (C=O) groups is 1. The molecule has 0 fully saturated rings. The predicted molar refractivity (Wildman–Crippen MR) is 94.6 cm³/mol. The molecular formula is C18H16BrN3O. The third-order valence-electron chi connectivity index (χ3n) is 3.40. The summed E-state index contributed by atoms with van der Waals surface area (Å²) in [4.78, 5) is 12.2. The minimum absolute atomic E-state index is 0.174. The normalized spacial score (nSPS) is 10.5. The van der Waals surface area contributed by atoms with Gasteiger partial charge in [-0.05, 0) is 30.7 Å². The van der Waals surface area contributed by atoms with E-state index in [1.807, 2.05) is 29.1 Å². The van der Waals surface area contributed by atoms with Crippen molar-refractivity contribution in [2.45, 2.75) is 13.5 Å². The van der Waals surface area contributed by atoms with E-state index in [0.717, 1.165) is 4.47 Å². The highest BCUT2D eigenvalue weighted by Crippen LogP contribution is 2.14. The van der Waals surface area contributed by atoms with Crippen molar-refractivity contribution in [1.29, 1.82) is 0 Å². The molecule has 0 aliphatic rings. The third kappa shape index (κ3) is 4.07. The smallest absolute Gasteiger partial charge is 0.256 e. The second-order valence-electron chi connectivity index (χ2n) is 5.35. The van der Waals surface area contributed by atoms with Crippen molar-refractivity contribution in [1.82, 2.24) is 9.78 Å². The van der Waals surface area contributed by atoms with Crippen LogP contribution in [0.3, 0.4) is 0 Å². The van der Waals surface area contributed by atoms with Crippen molar-refractivity contribution in [3.05, 3.63) is 82.0 Å². The van der Waals surface area contributed by atoms with E-state index in [1.54, 1.807) is 18.2 Å². The minimum Gasteiger partial charge on any atom is -0.305 e. The molecule has 3 rings (SSSR count). The predicted octanol–water partition coefficient (Wildman–Crippen LogP) is 4.25. The number of benzene rings is 2. The van der Waals surface area contributed by atoms with Gasteiger partial charge in [0.25, 0.3) is 5.91 Å². The van der Waals surface area contributed by atoms with Gasteiger partial charge in [-0.15, -0.1) is 0 Å². The van der Waals surface area contributed by atoms with Crippen LogP contribution in [0.4, 0.5) is 5.82 Å². The molecule has 0 radical (unpaired) electrons. The average molecular weight is 370 g/mol. The van der Waals surface area contributed by atoms with Gasteiger partial charge < -0.3 is 5.32 Å². The second kappa shape index (κ2) is 6.79. The van der Waals surface area contributed by atoms with E-state index >= 15 is 0 Å².